The maximum atomic E-state index is 13.9. The van der Waals surface area contributed by atoms with Gasteiger partial charge in [0.25, 0.3) is 11.4 Å². The van der Waals surface area contributed by atoms with E-state index in [0.29, 0.717) is 41.8 Å². The van der Waals surface area contributed by atoms with Crippen molar-refractivity contribution in [1.82, 2.24) is 44.5 Å². The minimum Gasteiger partial charge on any atom is -0.422 e. The van der Waals surface area contributed by atoms with Gasteiger partial charge in [0.2, 0.25) is 12.3 Å². The summed E-state index contributed by atoms with van der Waals surface area (Å²) >= 11 is 0. The number of anilines is 3. The Labute approximate surface area is 230 Å². The molecule has 0 spiro atoms. The normalized spacial score (nSPS) is 13.8. The maximum absolute atomic E-state index is 13.9. The average Bonchev–Trinajstić information content (AvgIpc) is 3.63. The number of nitrogens with zero attached hydrogens (tertiary/aromatic N) is 9. The lowest BCUT2D eigenvalue weighted by Crippen LogP contribution is -2.43. The summed E-state index contributed by atoms with van der Waals surface area (Å²) in [6.45, 7) is 5.07. The fourth-order valence-corrected chi connectivity index (χ4v) is 4.80. The molecule has 40 heavy (non-hydrogen) atoms. The molecule has 0 amide bonds. The molecule has 1 aromatic carbocycles. The molecule has 206 valence electrons. The van der Waals surface area contributed by atoms with Crippen LogP contribution in [0.15, 0.2) is 58.3 Å². The van der Waals surface area contributed by atoms with Crippen LogP contribution in [0.5, 0.6) is 0 Å². The van der Waals surface area contributed by atoms with Crippen LogP contribution >= 0.6 is 0 Å². The van der Waals surface area contributed by atoms with E-state index in [1.807, 2.05) is 38.2 Å². The number of hydrogen-bond donors (Lipinski definition) is 2. The SMILES string of the molecule is CN(C)CCn1c(=O)c(-c2nc(-c3nnco3)cn2C)cc2cnc(Nc3ccc(N4CCNCC4)cc3)nc21. The number of piperazine rings is 1. The average molecular weight is 542 g/mol. The van der Waals surface area contributed by atoms with E-state index in [1.54, 1.807) is 27.6 Å². The highest BCUT2D eigenvalue weighted by molar-refractivity contribution is 5.81. The number of fused-ring (bicyclic) bond motifs is 1. The summed E-state index contributed by atoms with van der Waals surface area (Å²) in [5.74, 6) is 1.20. The van der Waals surface area contributed by atoms with Crippen LogP contribution in [-0.4, -0.2) is 86.0 Å². The van der Waals surface area contributed by atoms with Crippen molar-refractivity contribution >= 4 is 28.4 Å². The van der Waals surface area contributed by atoms with Crippen molar-refractivity contribution in [2.45, 2.75) is 6.54 Å². The second-order valence-electron chi connectivity index (χ2n) is 10.0. The Bertz CT molecular complexity index is 1670. The van der Waals surface area contributed by atoms with E-state index >= 15 is 0 Å². The molecule has 0 radical (unpaired) electrons. The van der Waals surface area contributed by atoms with E-state index in [4.69, 9.17) is 9.40 Å². The Morgan fingerprint density at radius 2 is 1.93 bits per heavy atom. The lowest BCUT2D eigenvalue weighted by atomic mass is 10.2. The molecule has 1 aliphatic heterocycles. The van der Waals surface area contributed by atoms with Crippen molar-refractivity contribution < 1.29 is 4.42 Å². The second kappa shape index (κ2) is 10.9. The van der Waals surface area contributed by atoms with Crippen LogP contribution in [0.4, 0.5) is 17.3 Å². The molecule has 1 fully saturated rings. The van der Waals surface area contributed by atoms with E-state index in [0.717, 1.165) is 37.3 Å². The van der Waals surface area contributed by atoms with Crippen molar-refractivity contribution in [3.8, 4) is 23.0 Å². The summed E-state index contributed by atoms with van der Waals surface area (Å²) in [4.78, 5) is 32.2. The zero-order chi connectivity index (χ0) is 27.6. The van der Waals surface area contributed by atoms with Crippen LogP contribution in [0.25, 0.3) is 34.0 Å². The second-order valence-corrected chi connectivity index (χ2v) is 10.0. The van der Waals surface area contributed by atoms with Crippen molar-refractivity contribution in [1.29, 1.82) is 0 Å². The van der Waals surface area contributed by atoms with Gasteiger partial charge in [-0.1, -0.05) is 0 Å². The van der Waals surface area contributed by atoms with Gasteiger partial charge in [-0.3, -0.25) is 9.36 Å². The lowest BCUT2D eigenvalue weighted by Gasteiger charge is -2.29. The number of benzene rings is 1. The van der Waals surface area contributed by atoms with E-state index in [9.17, 15) is 4.79 Å². The third-order valence-electron chi connectivity index (χ3n) is 6.90. The van der Waals surface area contributed by atoms with Gasteiger partial charge in [-0.2, -0.15) is 4.98 Å². The monoisotopic (exact) mass is 541 g/mol. The molecular weight excluding hydrogens is 510 g/mol. The van der Waals surface area contributed by atoms with Crippen LogP contribution in [-0.2, 0) is 13.6 Å². The molecule has 13 nitrogen and oxygen atoms in total. The van der Waals surface area contributed by atoms with Gasteiger partial charge in [0.1, 0.15) is 17.2 Å². The number of aromatic nitrogens is 7. The quantitative estimate of drug-likeness (QED) is 0.298. The van der Waals surface area contributed by atoms with Gasteiger partial charge in [0, 0.05) is 75.5 Å². The Kier molecular flexibility index (Phi) is 6.97. The molecule has 0 atom stereocenters. The van der Waals surface area contributed by atoms with Crippen LogP contribution < -0.4 is 21.1 Å². The Morgan fingerprint density at radius 3 is 2.65 bits per heavy atom. The molecule has 0 saturated carbocycles. The van der Waals surface area contributed by atoms with Gasteiger partial charge < -0.3 is 29.4 Å². The topological polar surface area (TPSA) is 135 Å². The number of imidazole rings is 1. The third-order valence-corrected chi connectivity index (χ3v) is 6.90. The van der Waals surface area contributed by atoms with E-state index in [1.165, 1.54) is 12.1 Å². The minimum atomic E-state index is -0.190. The predicted molar refractivity (Wildman–Crippen MR) is 153 cm³/mol. The predicted octanol–water partition coefficient (Wildman–Crippen LogP) is 1.96. The highest BCUT2D eigenvalue weighted by Gasteiger charge is 2.19. The number of nitrogens with one attached hydrogen (secondary N) is 2. The Morgan fingerprint density at radius 1 is 1.12 bits per heavy atom. The van der Waals surface area contributed by atoms with Crippen molar-refractivity contribution in [2.24, 2.45) is 7.05 Å². The molecule has 5 aromatic rings. The molecule has 1 saturated heterocycles. The van der Waals surface area contributed by atoms with Crippen molar-refractivity contribution in [2.75, 3.05) is 57.0 Å². The van der Waals surface area contributed by atoms with Gasteiger partial charge in [0.15, 0.2) is 0 Å². The molecule has 6 rings (SSSR count). The zero-order valence-corrected chi connectivity index (χ0v) is 22.7. The number of rotatable bonds is 8. The first-order valence-electron chi connectivity index (χ1n) is 13.1. The maximum Gasteiger partial charge on any atom is 0.267 e. The summed E-state index contributed by atoms with van der Waals surface area (Å²) < 4.78 is 8.76. The number of aryl methyl sites for hydroxylation is 1. The fourth-order valence-electron chi connectivity index (χ4n) is 4.80. The van der Waals surface area contributed by atoms with Gasteiger partial charge in [-0.05, 0) is 44.4 Å². The molecular formula is C27H31N11O2. The van der Waals surface area contributed by atoms with Gasteiger partial charge in [0.05, 0.1) is 5.56 Å². The van der Waals surface area contributed by atoms with E-state index in [2.05, 4.69) is 47.8 Å². The van der Waals surface area contributed by atoms with E-state index in [-0.39, 0.29) is 11.4 Å². The highest BCUT2D eigenvalue weighted by Crippen LogP contribution is 2.25. The van der Waals surface area contributed by atoms with Crippen LogP contribution in [0.2, 0.25) is 0 Å². The first kappa shape index (κ1) is 25.6. The molecule has 13 heteroatoms. The summed E-state index contributed by atoms with van der Waals surface area (Å²) in [7, 11) is 5.77. The first-order valence-corrected chi connectivity index (χ1v) is 13.1. The molecule has 5 heterocycles. The number of pyridine rings is 1. The molecule has 1 aliphatic rings. The molecule has 0 unspecified atom stereocenters. The molecule has 0 aliphatic carbocycles. The Hall–Kier alpha value is -4.62. The molecule has 0 bridgehead atoms. The van der Waals surface area contributed by atoms with Crippen molar-refractivity contribution in [3.05, 3.63) is 59.5 Å². The Balaban J connectivity index is 1.35. The molecule has 4 aromatic heterocycles. The summed E-state index contributed by atoms with van der Waals surface area (Å²) in [6, 6.07) is 10.0. The van der Waals surface area contributed by atoms with Gasteiger partial charge in [-0.25, -0.2) is 9.97 Å². The largest absolute Gasteiger partial charge is 0.422 e. The number of hydrogen-bond acceptors (Lipinski definition) is 11. The number of likely N-dealkylation sites (N-methyl/N-ethyl adjacent to an activating group) is 1. The van der Waals surface area contributed by atoms with Crippen LogP contribution in [0.1, 0.15) is 0 Å². The first-order chi connectivity index (χ1) is 19.5. The third kappa shape index (κ3) is 5.16. The van der Waals surface area contributed by atoms with Gasteiger partial charge in [-0.15, -0.1) is 10.2 Å². The van der Waals surface area contributed by atoms with Crippen LogP contribution in [0, 0.1) is 0 Å². The van der Waals surface area contributed by atoms with E-state index < -0.39 is 0 Å². The lowest BCUT2D eigenvalue weighted by molar-refractivity contribution is 0.384. The van der Waals surface area contributed by atoms with Crippen molar-refractivity contribution in [3.63, 3.8) is 0 Å². The fraction of sp³-hybridized carbons (Fsp3) is 0.333. The molecule has 2 N–H and O–H groups in total. The summed E-state index contributed by atoms with van der Waals surface area (Å²) in [6.07, 6.45) is 4.74. The summed E-state index contributed by atoms with van der Waals surface area (Å²) in [5.41, 5.74) is 3.36. The zero-order valence-electron chi connectivity index (χ0n) is 22.7. The van der Waals surface area contributed by atoms with Crippen LogP contribution in [0.3, 0.4) is 0 Å². The smallest absolute Gasteiger partial charge is 0.267 e. The van der Waals surface area contributed by atoms with Gasteiger partial charge >= 0.3 is 0 Å². The minimum absolute atomic E-state index is 0.190. The standard InChI is InChI=1S/C27H31N11O2/c1-35(2)12-13-38-23-18(14-21(26(38)39)24-32-22(16-36(24)3)25-34-30-17-40-25)15-29-27(33-23)31-19-4-6-20(7-5-19)37-10-8-28-9-11-37/h4-7,14-17,28H,8-13H2,1-3H3,(H,29,31,33). The summed E-state index contributed by atoms with van der Waals surface area (Å²) in [5, 5.41) is 15.1. The highest BCUT2D eigenvalue weighted by atomic mass is 16.4.